The van der Waals surface area contributed by atoms with Crippen molar-refractivity contribution in [3.63, 3.8) is 0 Å². The van der Waals surface area contributed by atoms with Crippen LogP contribution in [-0.2, 0) is 9.59 Å². The number of nitrogens with one attached hydrogen (secondary N) is 2. The SMILES string of the molecule is COc1cccc(NC(=O)C(CO)NC(=O)COc2ccc3c(C)cc(=O)oc3c2)c1. The van der Waals surface area contributed by atoms with E-state index in [1.807, 2.05) is 0 Å². The number of carbonyl (C=O) groups is 2. The third-order valence-electron chi connectivity index (χ3n) is 4.46. The van der Waals surface area contributed by atoms with Gasteiger partial charge in [0, 0.05) is 29.3 Å². The summed E-state index contributed by atoms with van der Waals surface area (Å²) in [6.07, 6.45) is 0. The van der Waals surface area contributed by atoms with Crippen molar-refractivity contribution in [3.8, 4) is 11.5 Å². The summed E-state index contributed by atoms with van der Waals surface area (Å²) in [6.45, 7) is 0.797. The molecule has 0 radical (unpaired) electrons. The lowest BCUT2D eigenvalue weighted by atomic mass is 10.1. The van der Waals surface area contributed by atoms with Crippen LogP contribution in [-0.4, -0.2) is 43.3 Å². The Bertz CT molecular complexity index is 1160. The minimum Gasteiger partial charge on any atom is -0.497 e. The van der Waals surface area contributed by atoms with Crippen molar-refractivity contribution in [3.05, 3.63) is 64.5 Å². The lowest BCUT2D eigenvalue weighted by Crippen LogP contribution is -2.47. The van der Waals surface area contributed by atoms with E-state index >= 15 is 0 Å². The molecule has 2 amide bonds. The molecule has 0 spiro atoms. The molecule has 3 aromatic rings. The van der Waals surface area contributed by atoms with Gasteiger partial charge >= 0.3 is 5.63 Å². The van der Waals surface area contributed by atoms with Crippen LogP contribution in [0, 0.1) is 6.92 Å². The highest BCUT2D eigenvalue weighted by molar-refractivity contribution is 5.97. The first kappa shape index (κ1) is 21.8. The summed E-state index contributed by atoms with van der Waals surface area (Å²) in [5.74, 6) is -0.326. The van der Waals surface area contributed by atoms with E-state index in [1.165, 1.54) is 19.2 Å². The van der Waals surface area contributed by atoms with Gasteiger partial charge in [-0.3, -0.25) is 9.59 Å². The number of anilines is 1. The van der Waals surface area contributed by atoms with Crippen LogP contribution in [0.25, 0.3) is 11.0 Å². The number of aliphatic hydroxyl groups excluding tert-OH is 1. The number of methoxy groups -OCH3 is 1. The van der Waals surface area contributed by atoms with Gasteiger partial charge in [0.2, 0.25) is 5.91 Å². The fraction of sp³-hybridized carbons (Fsp3) is 0.227. The van der Waals surface area contributed by atoms with Crippen LogP contribution in [0.3, 0.4) is 0 Å². The van der Waals surface area contributed by atoms with Crippen molar-refractivity contribution in [1.82, 2.24) is 5.32 Å². The first-order valence-corrected chi connectivity index (χ1v) is 9.42. The van der Waals surface area contributed by atoms with Crippen molar-refractivity contribution in [2.75, 3.05) is 25.6 Å². The molecule has 9 heteroatoms. The Balaban J connectivity index is 1.59. The van der Waals surface area contributed by atoms with E-state index < -0.39 is 36.7 Å². The van der Waals surface area contributed by atoms with Crippen LogP contribution in [0.4, 0.5) is 5.69 Å². The molecule has 1 atom stereocenters. The lowest BCUT2D eigenvalue weighted by Gasteiger charge is -2.17. The van der Waals surface area contributed by atoms with Gasteiger partial charge in [0.15, 0.2) is 6.61 Å². The Morgan fingerprint density at radius 1 is 1.13 bits per heavy atom. The summed E-state index contributed by atoms with van der Waals surface area (Å²) in [5, 5.41) is 15.3. The molecule has 162 valence electrons. The number of aryl methyl sites for hydroxylation is 1. The van der Waals surface area contributed by atoms with E-state index in [-0.39, 0.29) is 0 Å². The van der Waals surface area contributed by atoms with Gasteiger partial charge in [0.25, 0.3) is 5.91 Å². The predicted molar refractivity (Wildman–Crippen MR) is 113 cm³/mol. The average Bonchev–Trinajstić information content (AvgIpc) is 2.75. The van der Waals surface area contributed by atoms with Gasteiger partial charge in [-0.2, -0.15) is 0 Å². The molecule has 1 heterocycles. The number of hydrogen-bond acceptors (Lipinski definition) is 7. The molecule has 2 aromatic carbocycles. The Hall–Kier alpha value is -3.85. The minimum absolute atomic E-state index is 0.317. The van der Waals surface area contributed by atoms with Gasteiger partial charge in [-0.15, -0.1) is 0 Å². The van der Waals surface area contributed by atoms with Gasteiger partial charge in [-0.05, 0) is 36.8 Å². The maximum Gasteiger partial charge on any atom is 0.336 e. The molecule has 0 aliphatic carbocycles. The van der Waals surface area contributed by atoms with E-state index in [2.05, 4.69) is 10.6 Å². The van der Waals surface area contributed by atoms with Crippen molar-refractivity contribution >= 4 is 28.5 Å². The van der Waals surface area contributed by atoms with E-state index in [1.54, 1.807) is 43.3 Å². The number of ether oxygens (including phenoxy) is 2. The second-order valence-electron chi connectivity index (χ2n) is 6.72. The molecular weight excluding hydrogens is 404 g/mol. The summed E-state index contributed by atoms with van der Waals surface area (Å²) < 4.78 is 15.7. The van der Waals surface area contributed by atoms with Crippen molar-refractivity contribution in [2.24, 2.45) is 0 Å². The summed E-state index contributed by atoms with van der Waals surface area (Å²) in [5.41, 5.74) is 1.09. The second kappa shape index (κ2) is 9.77. The second-order valence-corrected chi connectivity index (χ2v) is 6.72. The molecule has 3 N–H and O–H groups in total. The molecule has 0 saturated heterocycles. The van der Waals surface area contributed by atoms with E-state index in [0.29, 0.717) is 22.8 Å². The van der Waals surface area contributed by atoms with Crippen LogP contribution in [0.15, 0.2) is 57.7 Å². The fourth-order valence-corrected chi connectivity index (χ4v) is 2.90. The van der Waals surface area contributed by atoms with Crippen molar-refractivity contribution < 1.29 is 28.6 Å². The number of carbonyl (C=O) groups excluding carboxylic acids is 2. The lowest BCUT2D eigenvalue weighted by molar-refractivity contribution is -0.128. The summed E-state index contributed by atoms with van der Waals surface area (Å²) in [7, 11) is 1.50. The molecule has 0 saturated carbocycles. The minimum atomic E-state index is -1.17. The number of amides is 2. The highest BCUT2D eigenvalue weighted by Crippen LogP contribution is 2.22. The first-order chi connectivity index (χ1) is 14.9. The zero-order valence-corrected chi connectivity index (χ0v) is 17.0. The third kappa shape index (κ3) is 5.61. The molecule has 31 heavy (non-hydrogen) atoms. The van der Waals surface area contributed by atoms with Crippen LogP contribution in [0.5, 0.6) is 11.5 Å². The van der Waals surface area contributed by atoms with Crippen LogP contribution in [0.1, 0.15) is 5.56 Å². The number of aliphatic hydroxyl groups is 1. The third-order valence-corrected chi connectivity index (χ3v) is 4.46. The molecular formula is C22H22N2O7. The quantitative estimate of drug-likeness (QED) is 0.467. The van der Waals surface area contributed by atoms with E-state index in [4.69, 9.17) is 13.9 Å². The molecule has 0 aliphatic heterocycles. The number of benzene rings is 2. The van der Waals surface area contributed by atoms with Gasteiger partial charge in [-0.25, -0.2) is 4.79 Å². The largest absolute Gasteiger partial charge is 0.497 e. The topological polar surface area (TPSA) is 127 Å². The normalized spacial score (nSPS) is 11.6. The number of rotatable bonds is 8. The molecule has 0 bridgehead atoms. The zero-order valence-electron chi connectivity index (χ0n) is 17.0. The Labute approximate surface area is 177 Å². The number of hydrogen-bond donors (Lipinski definition) is 3. The monoisotopic (exact) mass is 426 g/mol. The Morgan fingerprint density at radius 3 is 2.68 bits per heavy atom. The maximum absolute atomic E-state index is 12.4. The molecule has 0 fully saturated rings. The van der Waals surface area contributed by atoms with Gasteiger partial charge in [-0.1, -0.05) is 6.07 Å². The standard InChI is InChI=1S/C22H22N2O7/c1-13-8-21(27)31-19-10-16(6-7-17(13)19)30-12-20(26)24-18(11-25)22(28)23-14-4-3-5-15(9-14)29-2/h3-10,18,25H,11-12H2,1-2H3,(H,23,28)(H,24,26). The summed E-state index contributed by atoms with van der Waals surface area (Å²) in [4.78, 5) is 36.1. The molecule has 1 aromatic heterocycles. The van der Waals surface area contributed by atoms with E-state index in [9.17, 15) is 19.5 Å². The van der Waals surface area contributed by atoms with Crippen LogP contribution < -0.4 is 25.7 Å². The van der Waals surface area contributed by atoms with Crippen molar-refractivity contribution in [2.45, 2.75) is 13.0 Å². The van der Waals surface area contributed by atoms with Crippen LogP contribution in [0.2, 0.25) is 0 Å². The molecule has 0 aliphatic rings. The van der Waals surface area contributed by atoms with Gasteiger partial charge in [0.05, 0.1) is 13.7 Å². The first-order valence-electron chi connectivity index (χ1n) is 9.42. The van der Waals surface area contributed by atoms with Gasteiger partial charge in [0.1, 0.15) is 23.1 Å². The number of fused-ring (bicyclic) bond motifs is 1. The highest BCUT2D eigenvalue weighted by Gasteiger charge is 2.20. The smallest absolute Gasteiger partial charge is 0.336 e. The predicted octanol–water partition coefficient (Wildman–Crippen LogP) is 1.60. The molecule has 3 rings (SSSR count). The van der Waals surface area contributed by atoms with Crippen LogP contribution >= 0.6 is 0 Å². The summed E-state index contributed by atoms with van der Waals surface area (Å²) in [6, 6.07) is 11.8. The van der Waals surface area contributed by atoms with Crippen molar-refractivity contribution in [1.29, 1.82) is 0 Å². The fourth-order valence-electron chi connectivity index (χ4n) is 2.90. The van der Waals surface area contributed by atoms with Gasteiger partial charge < -0.3 is 29.6 Å². The Morgan fingerprint density at radius 2 is 1.94 bits per heavy atom. The molecule has 9 nitrogen and oxygen atoms in total. The summed E-state index contributed by atoms with van der Waals surface area (Å²) >= 11 is 0. The zero-order chi connectivity index (χ0) is 22.4. The average molecular weight is 426 g/mol. The molecule has 1 unspecified atom stereocenters. The highest BCUT2D eigenvalue weighted by atomic mass is 16.5. The Kier molecular flexibility index (Phi) is 6.88. The maximum atomic E-state index is 12.4. The van der Waals surface area contributed by atoms with E-state index in [0.717, 1.165) is 10.9 Å².